The summed E-state index contributed by atoms with van der Waals surface area (Å²) in [6, 6.07) is 3.26. The number of carboxylic acid groups (broad SMARTS) is 1. The number of carbonyl (C=O) groups is 1. The van der Waals surface area contributed by atoms with Crippen LogP contribution < -0.4 is 0 Å². The molecule has 78 valence electrons. The second-order valence-electron chi connectivity index (χ2n) is 3.63. The van der Waals surface area contributed by atoms with Crippen molar-refractivity contribution < 1.29 is 9.90 Å². The molecule has 0 aliphatic heterocycles. The first-order chi connectivity index (χ1) is 7.09. The Morgan fingerprint density at radius 1 is 1.53 bits per heavy atom. The fourth-order valence-corrected chi connectivity index (χ4v) is 1.46. The summed E-state index contributed by atoms with van der Waals surface area (Å²) in [5.41, 5.74) is 1.48. The lowest BCUT2D eigenvalue weighted by atomic mass is 10.1. The number of carboxylic acids is 1. The van der Waals surface area contributed by atoms with Crippen molar-refractivity contribution in [1.82, 2.24) is 14.6 Å². The maximum absolute atomic E-state index is 10.8. The topological polar surface area (TPSA) is 67.5 Å². The number of hydrogen-bond acceptors (Lipinski definition) is 3. The van der Waals surface area contributed by atoms with Gasteiger partial charge in [-0.1, -0.05) is 13.8 Å². The number of fused-ring (bicyclic) bond motifs is 1. The molecule has 0 radical (unpaired) electrons. The minimum absolute atomic E-state index is 0.0618. The zero-order chi connectivity index (χ0) is 11.0. The second-order valence-corrected chi connectivity index (χ2v) is 3.63. The molecule has 2 aromatic rings. The van der Waals surface area contributed by atoms with Crippen molar-refractivity contribution in [2.45, 2.75) is 19.8 Å². The molecule has 0 unspecified atom stereocenters. The van der Waals surface area contributed by atoms with Crippen LogP contribution in [-0.4, -0.2) is 25.7 Å². The Balaban J connectivity index is 2.74. The number of aromatic nitrogens is 3. The van der Waals surface area contributed by atoms with E-state index >= 15 is 0 Å². The van der Waals surface area contributed by atoms with Gasteiger partial charge in [0.1, 0.15) is 0 Å². The van der Waals surface area contributed by atoms with Crippen molar-refractivity contribution in [3.8, 4) is 0 Å². The Kier molecular flexibility index (Phi) is 2.15. The van der Waals surface area contributed by atoms with Crippen molar-refractivity contribution in [3.63, 3.8) is 0 Å². The van der Waals surface area contributed by atoms with E-state index in [4.69, 9.17) is 5.11 Å². The van der Waals surface area contributed by atoms with Crippen LogP contribution in [0, 0.1) is 0 Å². The molecule has 2 rings (SSSR count). The molecule has 2 aromatic heterocycles. The molecule has 0 atom stereocenters. The van der Waals surface area contributed by atoms with Crippen molar-refractivity contribution in [3.05, 3.63) is 29.7 Å². The SMILES string of the molecule is CC(C)c1cc(C(=O)O)nc2ccnn12. The van der Waals surface area contributed by atoms with Gasteiger partial charge in [0, 0.05) is 11.8 Å². The molecule has 5 heteroatoms. The van der Waals surface area contributed by atoms with E-state index in [1.807, 2.05) is 13.8 Å². The smallest absolute Gasteiger partial charge is 0.354 e. The zero-order valence-electron chi connectivity index (χ0n) is 8.51. The minimum atomic E-state index is -1.01. The zero-order valence-corrected chi connectivity index (χ0v) is 8.51. The molecule has 5 nitrogen and oxygen atoms in total. The first kappa shape index (κ1) is 9.64. The van der Waals surface area contributed by atoms with E-state index in [1.54, 1.807) is 22.8 Å². The molecule has 0 aliphatic rings. The third-order valence-corrected chi connectivity index (χ3v) is 2.20. The summed E-state index contributed by atoms with van der Waals surface area (Å²) < 4.78 is 1.66. The summed E-state index contributed by atoms with van der Waals surface area (Å²) in [7, 11) is 0. The van der Waals surface area contributed by atoms with Gasteiger partial charge in [0.2, 0.25) is 0 Å². The Labute approximate surface area is 86.4 Å². The number of rotatable bonds is 2. The summed E-state index contributed by atoms with van der Waals surface area (Å²) in [6.07, 6.45) is 1.61. The fourth-order valence-electron chi connectivity index (χ4n) is 1.46. The van der Waals surface area contributed by atoms with E-state index in [1.165, 1.54) is 0 Å². The maximum Gasteiger partial charge on any atom is 0.354 e. The first-order valence-corrected chi connectivity index (χ1v) is 4.67. The van der Waals surface area contributed by atoms with Crippen molar-refractivity contribution in [2.75, 3.05) is 0 Å². The van der Waals surface area contributed by atoms with Crippen LogP contribution >= 0.6 is 0 Å². The van der Waals surface area contributed by atoms with Gasteiger partial charge in [-0.05, 0) is 12.0 Å². The van der Waals surface area contributed by atoms with Crippen molar-refractivity contribution in [2.24, 2.45) is 0 Å². The molecule has 1 N–H and O–H groups in total. The van der Waals surface area contributed by atoms with E-state index in [-0.39, 0.29) is 11.6 Å². The average molecular weight is 205 g/mol. The molecule has 2 heterocycles. The summed E-state index contributed by atoms with van der Waals surface area (Å²) in [5.74, 6) is -0.811. The second kappa shape index (κ2) is 3.34. The minimum Gasteiger partial charge on any atom is -0.477 e. The highest BCUT2D eigenvalue weighted by Crippen LogP contribution is 2.16. The van der Waals surface area contributed by atoms with Gasteiger partial charge in [-0.3, -0.25) is 0 Å². The van der Waals surface area contributed by atoms with E-state index in [0.717, 1.165) is 5.69 Å². The Morgan fingerprint density at radius 3 is 2.87 bits per heavy atom. The average Bonchev–Trinajstić information content (AvgIpc) is 2.62. The van der Waals surface area contributed by atoms with Gasteiger partial charge >= 0.3 is 5.97 Å². The Bertz CT molecular complexity index is 516. The Morgan fingerprint density at radius 2 is 2.27 bits per heavy atom. The molecule has 0 saturated heterocycles. The van der Waals surface area contributed by atoms with Crippen molar-refractivity contribution in [1.29, 1.82) is 0 Å². The monoisotopic (exact) mass is 205 g/mol. The van der Waals surface area contributed by atoms with Crippen LogP contribution in [0.3, 0.4) is 0 Å². The molecule has 0 aromatic carbocycles. The van der Waals surface area contributed by atoms with Crippen LogP contribution in [0.5, 0.6) is 0 Å². The van der Waals surface area contributed by atoms with Crippen LogP contribution in [-0.2, 0) is 0 Å². The molecule has 0 amide bonds. The molecule has 15 heavy (non-hydrogen) atoms. The largest absolute Gasteiger partial charge is 0.477 e. The lowest BCUT2D eigenvalue weighted by Gasteiger charge is -2.08. The van der Waals surface area contributed by atoms with Crippen LogP contribution in [0.15, 0.2) is 18.3 Å². The van der Waals surface area contributed by atoms with Crippen LogP contribution in [0.1, 0.15) is 35.9 Å². The molecule has 0 spiro atoms. The van der Waals surface area contributed by atoms with Gasteiger partial charge < -0.3 is 5.11 Å². The standard InChI is InChI=1S/C10H11N3O2/c1-6(2)8-5-7(10(14)15)12-9-3-4-11-13(8)9/h3-6H,1-2H3,(H,14,15). The normalized spacial score (nSPS) is 11.1. The quantitative estimate of drug-likeness (QED) is 0.807. The summed E-state index contributed by atoms with van der Waals surface area (Å²) in [4.78, 5) is 14.8. The van der Waals surface area contributed by atoms with Gasteiger partial charge in [0.25, 0.3) is 0 Å². The van der Waals surface area contributed by atoms with Crippen molar-refractivity contribution >= 4 is 11.6 Å². The lowest BCUT2D eigenvalue weighted by molar-refractivity contribution is 0.0690. The Hall–Kier alpha value is -1.91. The first-order valence-electron chi connectivity index (χ1n) is 4.67. The van der Waals surface area contributed by atoms with E-state index in [9.17, 15) is 4.79 Å². The fraction of sp³-hybridized carbons (Fsp3) is 0.300. The predicted octanol–water partition coefficient (Wildman–Crippen LogP) is 1.55. The number of hydrogen-bond donors (Lipinski definition) is 1. The predicted molar refractivity (Wildman–Crippen MR) is 54.0 cm³/mol. The molecule has 0 aliphatic carbocycles. The summed E-state index contributed by atoms with van der Waals surface area (Å²) in [6.45, 7) is 3.98. The van der Waals surface area contributed by atoms with E-state index < -0.39 is 5.97 Å². The number of nitrogens with zero attached hydrogens (tertiary/aromatic N) is 3. The van der Waals surface area contributed by atoms with Crippen LogP contribution in [0.2, 0.25) is 0 Å². The van der Waals surface area contributed by atoms with Crippen LogP contribution in [0.25, 0.3) is 5.65 Å². The summed E-state index contributed by atoms with van der Waals surface area (Å²) in [5, 5.41) is 13.0. The van der Waals surface area contributed by atoms with E-state index in [2.05, 4.69) is 10.1 Å². The third kappa shape index (κ3) is 1.56. The lowest BCUT2D eigenvalue weighted by Crippen LogP contribution is -2.08. The molecular formula is C10H11N3O2. The van der Waals surface area contributed by atoms with Gasteiger partial charge in [0.05, 0.1) is 6.20 Å². The maximum atomic E-state index is 10.8. The van der Waals surface area contributed by atoms with Gasteiger partial charge in [-0.25, -0.2) is 14.3 Å². The highest BCUT2D eigenvalue weighted by Gasteiger charge is 2.13. The molecule has 0 bridgehead atoms. The molecule has 0 saturated carbocycles. The number of aromatic carboxylic acids is 1. The summed E-state index contributed by atoms with van der Waals surface area (Å²) >= 11 is 0. The highest BCUT2D eigenvalue weighted by molar-refractivity contribution is 5.86. The third-order valence-electron chi connectivity index (χ3n) is 2.20. The van der Waals surface area contributed by atoms with Gasteiger partial charge in [-0.2, -0.15) is 5.10 Å². The highest BCUT2D eigenvalue weighted by atomic mass is 16.4. The van der Waals surface area contributed by atoms with Crippen LogP contribution in [0.4, 0.5) is 0 Å². The van der Waals surface area contributed by atoms with Gasteiger partial charge in [0.15, 0.2) is 11.3 Å². The molecular weight excluding hydrogens is 194 g/mol. The molecule has 0 fully saturated rings. The van der Waals surface area contributed by atoms with Gasteiger partial charge in [-0.15, -0.1) is 0 Å². The van der Waals surface area contributed by atoms with E-state index in [0.29, 0.717) is 5.65 Å².